The molecule has 3 rings (SSSR count). The fraction of sp³-hybridized carbons (Fsp3) is 0.412. The molecule has 2 aromatic rings. The van der Waals surface area contributed by atoms with Gasteiger partial charge in [-0.05, 0) is 62.1 Å². The van der Waals surface area contributed by atoms with E-state index in [9.17, 15) is 0 Å². The number of aryl methyl sites for hydroxylation is 2. The molecule has 1 aromatic carbocycles. The Bertz CT molecular complexity index is 588. The van der Waals surface area contributed by atoms with E-state index in [0.29, 0.717) is 11.8 Å². The molecule has 0 bridgehead atoms. The predicted octanol–water partition coefficient (Wildman–Crippen LogP) is 4.88. The summed E-state index contributed by atoms with van der Waals surface area (Å²) < 4.78 is 0. The van der Waals surface area contributed by atoms with Gasteiger partial charge in [-0.2, -0.15) is 0 Å². The molecule has 0 spiro atoms. The van der Waals surface area contributed by atoms with Gasteiger partial charge in [-0.15, -0.1) is 11.3 Å². The fourth-order valence-corrected chi connectivity index (χ4v) is 4.43. The van der Waals surface area contributed by atoms with Crippen LogP contribution in [-0.4, -0.2) is 13.1 Å². The molecule has 1 N–H and O–H groups in total. The zero-order chi connectivity index (χ0) is 14.1. The second-order valence-electron chi connectivity index (χ2n) is 5.63. The third-order valence-electron chi connectivity index (χ3n) is 4.26. The average Bonchev–Trinajstić information content (AvgIpc) is 2.78. The summed E-state index contributed by atoms with van der Waals surface area (Å²) in [6, 6.07) is 10.8. The van der Waals surface area contributed by atoms with Gasteiger partial charge in [-0.1, -0.05) is 23.7 Å². The predicted molar refractivity (Wildman–Crippen MR) is 88.2 cm³/mol. The standard InChI is InChI=1S/C17H20ClNS/c1-11-9-16(12(2)20-11)15-7-8-19-10-17(15)13-3-5-14(18)6-4-13/h3-6,9,15,17,19H,7-8,10H2,1-2H3. The van der Waals surface area contributed by atoms with E-state index in [1.807, 2.05) is 23.5 Å². The summed E-state index contributed by atoms with van der Waals surface area (Å²) in [6.45, 7) is 6.64. The molecule has 106 valence electrons. The largest absolute Gasteiger partial charge is 0.316 e. The SMILES string of the molecule is Cc1cc(C2CCNCC2c2ccc(Cl)cc2)c(C)s1. The number of rotatable bonds is 2. The van der Waals surface area contributed by atoms with Crippen molar-refractivity contribution in [2.45, 2.75) is 32.1 Å². The number of thiophene rings is 1. The molecule has 0 saturated carbocycles. The molecule has 2 heterocycles. The molecule has 2 unspecified atom stereocenters. The Morgan fingerprint density at radius 2 is 1.90 bits per heavy atom. The molecule has 20 heavy (non-hydrogen) atoms. The fourth-order valence-electron chi connectivity index (χ4n) is 3.31. The minimum absolute atomic E-state index is 0.550. The lowest BCUT2D eigenvalue weighted by molar-refractivity contribution is 0.404. The highest BCUT2D eigenvalue weighted by Crippen LogP contribution is 2.41. The minimum Gasteiger partial charge on any atom is -0.316 e. The summed E-state index contributed by atoms with van der Waals surface area (Å²) in [6.07, 6.45) is 1.21. The Morgan fingerprint density at radius 1 is 1.15 bits per heavy atom. The van der Waals surface area contributed by atoms with Crippen molar-refractivity contribution in [3.63, 3.8) is 0 Å². The van der Waals surface area contributed by atoms with E-state index in [4.69, 9.17) is 11.6 Å². The molecule has 1 saturated heterocycles. The van der Waals surface area contributed by atoms with Crippen LogP contribution in [0, 0.1) is 13.8 Å². The quantitative estimate of drug-likeness (QED) is 0.834. The van der Waals surface area contributed by atoms with Crippen molar-refractivity contribution in [3.8, 4) is 0 Å². The first-order valence-corrected chi connectivity index (χ1v) is 8.37. The van der Waals surface area contributed by atoms with E-state index in [1.165, 1.54) is 21.7 Å². The lowest BCUT2D eigenvalue weighted by Crippen LogP contribution is -2.34. The molecule has 0 radical (unpaired) electrons. The van der Waals surface area contributed by atoms with E-state index in [-0.39, 0.29) is 0 Å². The molecule has 1 fully saturated rings. The topological polar surface area (TPSA) is 12.0 Å². The number of hydrogen-bond acceptors (Lipinski definition) is 2. The first-order valence-electron chi connectivity index (χ1n) is 7.18. The lowest BCUT2D eigenvalue weighted by atomic mass is 9.77. The van der Waals surface area contributed by atoms with Gasteiger partial charge >= 0.3 is 0 Å². The second-order valence-corrected chi connectivity index (χ2v) is 7.52. The van der Waals surface area contributed by atoms with Gasteiger partial charge in [0.1, 0.15) is 0 Å². The van der Waals surface area contributed by atoms with Gasteiger partial charge in [0, 0.05) is 27.2 Å². The minimum atomic E-state index is 0.550. The second kappa shape index (κ2) is 5.88. The third kappa shape index (κ3) is 2.78. The zero-order valence-corrected chi connectivity index (χ0v) is 13.5. The molecule has 1 aromatic heterocycles. The van der Waals surface area contributed by atoms with Crippen LogP contribution in [-0.2, 0) is 0 Å². The van der Waals surface area contributed by atoms with Crippen molar-refractivity contribution < 1.29 is 0 Å². The summed E-state index contributed by atoms with van der Waals surface area (Å²) in [7, 11) is 0. The highest BCUT2D eigenvalue weighted by Gasteiger charge is 2.29. The third-order valence-corrected chi connectivity index (χ3v) is 5.49. The highest BCUT2D eigenvalue weighted by molar-refractivity contribution is 7.12. The summed E-state index contributed by atoms with van der Waals surface area (Å²) >= 11 is 7.94. The molecule has 3 heteroatoms. The van der Waals surface area contributed by atoms with Gasteiger partial charge in [0.2, 0.25) is 0 Å². The number of hydrogen-bond donors (Lipinski definition) is 1. The van der Waals surface area contributed by atoms with Gasteiger partial charge in [-0.25, -0.2) is 0 Å². The summed E-state index contributed by atoms with van der Waals surface area (Å²) in [4.78, 5) is 2.90. The van der Waals surface area contributed by atoms with Crippen LogP contribution < -0.4 is 5.32 Å². The lowest BCUT2D eigenvalue weighted by Gasteiger charge is -2.33. The van der Waals surface area contributed by atoms with Gasteiger partial charge in [0.25, 0.3) is 0 Å². The van der Waals surface area contributed by atoms with E-state index in [0.717, 1.165) is 18.1 Å². The monoisotopic (exact) mass is 305 g/mol. The van der Waals surface area contributed by atoms with Crippen LogP contribution in [0.3, 0.4) is 0 Å². The van der Waals surface area contributed by atoms with Crippen LogP contribution in [0.1, 0.15) is 39.1 Å². The number of piperidine rings is 1. The summed E-state index contributed by atoms with van der Waals surface area (Å²) in [5.41, 5.74) is 2.95. The van der Waals surface area contributed by atoms with Gasteiger partial charge < -0.3 is 5.32 Å². The van der Waals surface area contributed by atoms with Crippen molar-refractivity contribution in [1.82, 2.24) is 5.32 Å². The zero-order valence-electron chi connectivity index (χ0n) is 11.9. The van der Waals surface area contributed by atoms with Crippen molar-refractivity contribution >= 4 is 22.9 Å². The van der Waals surface area contributed by atoms with Crippen LogP contribution in [0.15, 0.2) is 30.3 Å². The van der Waals surface area contributed by atoms with Crippen LogP contribution >= 0.6 is 22.9 Å². The molecular formula is C17H20ClNS. The molecule has 0 amide bonds. The number of benzene rings is 1. The van der Waals surface area contributed by atoms with Crippen LogP contribution in [0.5, 0.6) is 0 Å². The first-order chi connectivity index (χ1) is 9.65. The Hall–Kier alpha value is -0.830. The Labute approximate surface area is 130 Å². The number of halogens is 1. The highest BCUT2D eigenvalue weighted by atomic mass is 35.5. The van der Waals surface area contributed by atoms with Crippen molar-refractivity contribution in [1.29, 1.82) is 0 Å². The van der Waals surface area contributed by atoms with Crippen LogP contribution in [0.25, 0.3) is 0 Å². The van der Waals surface area contributed by atoms with Crippen molar-refractivity contribution in [2.75, 3.05) is 13.1 Å². The summed E-state index contributed by atoms with van der Waals surface area (Å²) in [5.74, 6) is 1.18. The smallest absolute Gasteiger partial charge is 0.0406 e. The molecule has 2 atom stereocenters. The maximum absolute atomic E-state index is 6.02. The molecule has 1 nitrogen and oxygen atoms in total. The Balaban J connectivity index is 1.95. The van der Waals surface area contributed by atoms with E-state index in [2.05, 4.69) is 37.4 Å². The average molecular weight is 306 g/mol. The maximum Gasteiger partial charge on any atom is 0.0406 e. The Morgan fingerprint density at radius 3 is 2.55 bits per heavy atom. The molecule has 1 aliphatic heterocycles. The van der Waals surface area contributed by atoms with E-state index in [1.54, 1.807) is 5.56 Å². The number of nitrogens with one attached hydrogen (secondary N) is 1. The maximum atomic E-state index is 6.02. The molecule has 1 aliphatic rings. The van der Waals surface area contributed by atoms with E-state index >= 15 is 0 Å². The molecule has 0 aliphatic carbocycles. The van der Waals surface area contributed by atoms with Gasteiger partial charge in [0.05, 0.1) is 0 Å². The van der Waals surface area contributed by atoms with Crippen molar-refractivity contribution in [3.05, 3.63) is 56.2 Å². The summed E-state index contributed by atoms with van der Waals surface area (Å²) in [5, 5.41) is 4.36. The van der Waals surface area contributed by atoms with Gasteiger partial charge in [-0.3, -0.25) is 0 Å². The normalized spacial score (nSPS) is 22.9. The van der Waals surface area contributed by atoms with Gasteiger partial charge in [0.15, 0.2) is 0 Å². The molecular weight excluding hydrogens is 286 g/mol. The van der Waals surface area contributed by atoms with E-state index < -0.39 is 0 Å². The Kier molecular flexibility index (Phi) is 4.16. The first kappa shape index (κ1) is 14.1. The van der Waals surface area contributed by atoms with Crippen LogP contribution in [0.2, 0.25) is 5.02 Å². The van der Waals surface area contributed by atoms with Crippen molar-refractivity contribution in [2.24, 2.45) is 0 Å². The van der Waals surface area contributed by atoms with Crippen LogP contribution in [0.4, 0.5) is 0 Å².